The predicted octanol–water partition coefficient (Wildman–Crippen LogP) is 1.36. The van der Waals surface area contributed by atoms with Crippen molar-refractivity contribution in [3.63, 3.8) is 0 Å². The molecule has 3 fully saturated rings. The van der Waals surface area contributed by atoms with E-state index in [4.69, 9.17) is 4.74 Å². The van der Waals surface area contributed by atoms with E-state index in [-0.39, 0.29) is 72.6 Å². The van der Waals surface area contributed by atoms with Crippen LogP contribution in [-0.4, -0.2) is 65.3 Å². The third-order valence-corrected chi connectivity index (χ3v) is 7.26. The third kappa shape index (κ3) is 3.97. The van der Waals surface area contributed by atoms with Crippen molar-refractivity contribution in [3.05, 3.63) is 47.5 Å². The molecular formula is C25H29N3O5. The molecule has 8 nitrogen and oxygen atoms in total. The number of hydrogen-bond acceptors (Lipinski definition) is 5. The van der Waals surface area contributed by atoms with E-state index in [0.29, 0.717) is 18.7 Å². The molecule has 174 valence electrons. The number of likely N-dealkylation sites (tertiary alicyclic amines) is 1. The third-order valence-electron chi connectivity index (χ3n) is 7.26. The minimum atomic E-state index is -0.367. The van der Waals surface area contributed by atoms with Crippen LogP contribution in [0.4, 0.5) is 0 Å². The Morgan fingerprint density at radius 3 is 2.12 bits per heavy atom. The SMILES string of the molecule is CC1CN(C(=O)c2ccc(CNC(=O)CN3C(=O)C4C5C=CC(C5)C4C3=O)cc2)CC(C)O1. The predicted molar refractivity (Wildman–Crippen MR) is 119 cm³/mol. The Labute approximate surface area is 192 Å². The maximum Gasteiger partial charge on any atom is 0.254 e. The van der Waals surface area contributed by atoms with Crippen molar-refractivity contribution in [1.29, 1.82) is 0 Å². The van der Waals surface area contributed by atoms with E-state index in [1.165, 1.54) is 0 Å². The van der Waals surface area contributed by atoms with E-state index in [9.17, 15) is 19.2 Å². The number of nitrogens with one attached hydrogen (secondary N) is 1. The summed E-state index contributed by atoms with van der Waals surface area (Å²) in [5.41, 5.74) is 1.43. The summed E-state index contributed by atoms with van der Waals surface area (Å²) in [6, 6.07) is 7.12. The van der Waals surface area contributed by atoms with Crippen molar-refractivity contribution in [2.75, 3.05) is 19.6 Å². The molecule has 8 heteroatoms. The molecule has 1 saturated carbocycles. The largest absolute Gasteiger partial charge is 0.372 e. The molecule has 2 saturated heterocycles. The summed E-state index contributed by atoms with van der Waals surface area (Å²) in [7, 11) is 0. The fraction of sp³-hybridized carbons (Fsp3) is 0.520. The maximum absolute atomic E-state index is 12.8. The number of rotatable bonds is 5. The average Bonchev–Trinajstić information content (AvgIpc) is 3.47. The van der Waals surface area contributed by atoms with Crippen molar-refractivity contribution in [2.24, 2.45) is 23.7 Å². The topological polar surface area (TPSA) is 96.0 Å². The molecule has 2 aliphatic heterocycles. The first-order chi connectivity index (χ1) is 15.8. The molecule has 0 spiro atoms. The monoisotopic (exact) mass is 451 g/mol. The van der Waals surface area contributed by atoms with Gasteiger partial charge in [0.05, 0.1) is 24.0 Å². The first-order valence-electron chi connectivity index (χ1n) is 11.7. The summed E-state index contributed by atoms with van der Waals surface area (Å²) < 4.78 is 5.69. The molecule has 0 aromatic heterocycles. The number of carbonyl (C=O) groups excluding carboxylic acids is 4. The summed E-state index contributed by atoms with van der Waals surface area (Å²) in [5.74, 6) is -1.14. The van der Waals surface area contributed by atoms with Crippen LogP contribution in [0.3, 0.4) is 0 Å². The van der Waals surface area contributed by atoms with E-state index in [0.717, 1.165) is 16.9 Å². The zero-order valence-corrected chi connectivity index (χ0v) is 18.9. The Hall–Kier alpha value is -3.00. The van der Waals surface area contributed by atoms with Gasteiger partial charge in [0.25, 0.3) is 5.91 Å². The number of benzene rings is 1. The maximum atomic E-state index is 12.8. The Morgan fingerprint density at radius 1 is 0.970 bits per heavy atom. The van der Waals surface area contributed by atoms with Crippen LogP contribution in [-0.2, 0) is 25.7 Å². The number of fused-ring (bicyclic) bond motifs is 5. The van der Waals surface area contributed by atoms with Gasteiger partial charge in [0.2, 0.25) is 17.7 Å². The van der Waals surface area contributed by atoms with Crippen LogP contribution >= 0.6 is 0 Å². The van der Waals surface area contributed by atoms with Gasteiger partial charge in [-0.15, -0.1) is 0 Å². The number of hydrogen-bond donors (Lipinski definition) is 1. The van der Waals surface area contributed by atoms with Gasteiger partial charge >= 0.3 is 0 Å². The van der Waals surface area contributed by atoms with E-state index in [1.54, 1.807) is 29.2 Å². The quantitative estimate of drug-likeness (QED) is 0.539. The minimum absolute atomic E-state index is 0.00699. The smallest absolute Gasteiger partial charge is 0.254 e. The fourth-order valence-corrected chi connectivity index (χ4v) is 5.81. The van der Waals surface area contributed by atoms with E-state index in [1.807, 2.05) is 26.0 Å². The second kappa shape index (κ2) is 8.41. The van der Waals surface area contributed by atoms with Crippen LogP contribution < -0.4 is 5.32 Å². The molecule has 33 heavy (non-hydrogen) atoms. The van der Waals surface area contributed by atoms with Crippen LogP contribution in [0.15, 0.2) is 36.4 Å². The van der Waals surface area contributed by atoms with Crippen LogP contribution in [0.25, 0.3) is 0 Å². The highest BCUT2D eigenvalue weighted by Gasteiger charge is 2.59. The second-order valence-electron chi connectivity index (χ2n) is 9.70. The van der Waals surface area contributed by atoms with Gasteiger partial charge in [-0.25, -0.2) is 0 Å². The highest BCUT2D eigenvalue weighted by Crippen LogP contribution is 2.52. The zero-order chi connectivity index (χ0) is 23.3. The van der Waals surface area contributed by atoms with Crippen LogP contribution in [0.1, 0.15) is 36.2 Å². The fourth-order valence-electron chi connectivity index (χ4n) is 5.81. The number of nitrogens with zero attached hydrogens (tertiary/aromatic N) is 2. The second-order valence-corrected chi connectivity index (χ2v) is 9.70. The van der Waals surface area contributed by atoms with E-state index < -0.39 is 0 Å². The molecule has 1 aromatic carbocycles. The molecule has 0 radical (unpaired) electrons. The van der Waals surface area contributed by atoms with Gasteiger partial charge in [-0.1, -0.05) is 24.3 Å². The lowest BCUT2D eigenvalue weighted by molar-refractivity contribution is -0.144. The lowest BCUT2D eigenvalue weighted by atomic mass is 9.85. The highest BCUT2D eigenvalue weighted by molar-refractivity contribution is 6.08. The average molecular weight is 452 g/mol. The number of allylic oxidation sites excluding steroid dienone is 2. The molecule has 2 heterocycles. The van der Waals surface area contributed by atoms with Crippen LogP contribution in [0, 0.1) is 23.7 Å². The number of ether oxygens (including phenoxy) is 1. The van der Waals surface area contributed by atoms with Gasteiger partial charge in [0.1, 0.15) is 6.54 Å². The Morgan fingerprint density at radius 2 is 1.55 bits per heavy atom. The Balaban J connectivity index is 1.14. The number of morpholine rings is 1. The molecule has 1 N–H and O–H groups in total. The zero-order valence-electron chi connectivity index (χ0n) is 18.9. The first-order valence-corrected chi connectivity index (χ1v) is 11.7. The molecule has 5 rings (SSSR count). The van der Waals surface area contributed by atoms with Crippen molar-refractivity contribution >= 4 is 23.6 Å². The lowest BCUT2D eigenvalue weighted by Crippen LogP contribution is -2.48. The molecule has 2 bridgehead atoms. The van der Waals surface area contributed by atoms with Crippen molar-refractivity contribution < 1.29 is 23.9 Å². The van der Waals surface area contributed by atoms with Gasteiger partial charge in [-0.3, -0.25) is 24.1 Å². The molecule has 2 aliphatic carbocycles. The molecular weight excluding hydrogens is 422 g/mol. The first kappa shape index (κ1) is 21.8. The van der Waals surface area contributed by atoms with E-state index >= 15 is 0 Å². The number of carbonyl (C=O) groups is 4. The summed E-state index contributed by atoms with van der Waals surface area (Å²) >= 11 is 0. The Kier molecular flexibility index (Phi) is 5.56. The molecule has 4 amide bonds. The molecule has 6 atom stereocenters. The van der Waals surface area contributed by atoms with Gasteiger partial charge in [0.15, 0.2) is 0 Å². The molecule has 1 aromatic rings. The van der Waals surface area contributed by atoms with Gasteiger partial charge in [-0.05, 0) is 49.8 Å². The van der Waals surface area contributed by atoms with Crippen LogP contribution in [0.2, 0.25) is 0 Å². The normalized spacial score (nSPS) is 32.4. The standard InChI is InChI=1S/C25H29N3O5/c1-14-11-27(12-15(2)33-14)23(30)17-5-3-16(4-6-17)10-26-20(29)13-28-24(31)21-18-7-8-19(9-18)22(21)25(28)32/h3-8,14-15,18-19,21-22H,9-13H2,1-2H3,(H,26,29). The van der Waals surface area contributed by atoms with Crippen molar-refractivity contribution in [2.45, 2.75) is 39.0 Å². The summed E-state index contributed by atoms with van der Waals surface area (Å²) in [5, 5.41) is 2.78. The van der Waals surface area contributed by atoms with Crippen LogP contribution in [0.5, 0.6) is 0 Å². The van der Waals surface area contributed by atoms with E-state index in [2.05, 4.69) is 5.32 Å². The van der Waals surface area contributed by atoms with Crippen molar-refractivity contribution in [1.82, 2.24) is 15.1 Å². The summed E-state index contributed by atoms with van der Waals surface area (Å²) in [6.45, 7) is 5.06. The summed E-state index contributed by atoms with van der Waals surface area (Å²) in [4.78, 5) is 53.6. The lowest BCUT2D eigenvalue weighted by Gasteiger charge is -2.35. The summed E-state index contributed by atoms with van der Waals surface area (Å²) in [6.07, 6.45) is 4.96. The molecule has 6 unspecified atom stereocenters. The van der Waals surface area contributed by atoms with Crippen molar-refractivity contribution in [3.8, 4) is 0 Å². The molecule has 4 aliphatic rings. The Bertz CT molecular complexity index is 979. The highest BCUT2D eigenvalue weighted by atomic mass is 16.5. The van der Waals surface area contributed by atoms with Gasteiger partial charge in [-0.2, -0.15) is 0 Å². The number of imide groups is 1. The van der Waals surface area contributed by atoms with Gasteiger partial charge < -0.3 is 15.0 Å². The van der Waals surface area contributed by atoms with Gasteiger partial charge in [0, 0.05) is 25.2 Å². The minimum Gasteiger partial charge on any atom is -0.372 e. The number of amides is 4.